The first-order valence-corrected chi connectivity index (χ1v) is 13.0. The third-order valence-corrected chi connectivity index (χ3v) is 8.20. The summed E-state index contributed by atoms with van der Waals surface area (Å²) >= 11 is 0. The number of carbonyl (C=O) groups excluding carboxylic acids is 1. The smallest absolute Gasteiger partial charge is 0.264 e. The van der Waals surface area contributed by atoms with Crippen molar-refractivity contribution in [1.29, 1.82) is 0 Å². The van der Waals surface area contributed by atoms with Crippen LogP contribution in [0.15, 0.2) is 102 Å². The zero-order chi connectivity index (χ0) is 24.7. The van der Waals surface area contributed by atoms with Crippen molar-refractivity contribution in [2.75, 3.05) is 16.2 Å². The van der Waals surface area contributed by atoms with Crippen LogP contribution in [0.25, 0.3) is 22.4 Å². The van der Waals surface area contributed by atoms with E-state index >= 15 is 0 Å². The van der Waals surface area contributed by atoms with Crippen LogP contribution in [0.2, 0.25) is 0 Å². The van der Waals surface area contributed by atoms with Crippen LogP contribution in [0.5, 0.6) is 0 Å². The van der Waals surface area contributed by atoms with Crippen LogP contribution in [-0.2, 0) is 16.4 Å². The number of aromatic nitrogens is 2. The van der Waals surface area contributed by atoms with E-state index < -0.39 is 10.0 Å². The lowest BCUT2D eigenvalue weighted by atomic mass is 10.1. The molecule has 7 nitrogen and oxygen atoms in total. The minimum atomic E-state index is -3.72. The number of aromatic amines is 1. The number of imidazole rings is 1. The van der Waals surface area contributed by atoms with E-state index in [9.17, 15) is 13.2 Å². The Morgan fingerprint density at radius 1 is 0.861 bits per heavy atom. The first-order chi connectivity index (χ1) is 17.5. The average molecular weight is 495 g/mol. The van der Waals surface area contributed by atoms with Gasteiger partial charge in [-0.1, -0.05) is 42.5 Å². The highest BCUT2D eigenvalue weighted by atomic mass is 32.2. The van der Waals surface area contributed by atoms with Gasteiger partial charge < -0.3 is 10.3 Å². The molecule has 1 amide bonds. The maximum absolute atomic E-state index is 13.3. The van der Waals surface area contributed by atoms with Gasteiger partial charge in [-0.05, 0) is 66.6 Å². The molecule has 0 atom stereocenters. The van der Waals surface area contributed by atoms with Crippen molar-refractivity contribution in [2.24, 2.45) is 0 Å². The third-order valence-electron chi connectivity index (χ3n) is 6.37. The summed E-state index contributed by atoms with van der Waals surface area (Å²) in [6.07, 6.45) is 0.681. The van der Waals surface area contributed by atoms with Gasteiger partial charge in [-0.15, -0.1) is 0 Å². The molecule has 0 unspecified atom stereocenters. The van der Waals surface area contributed by atoms with Crippen molar-refractivity contribution in [2.45, 2.75) is 11.3 Å². The van der Waals surface area contributed by atoms with E-state index in [4.69, 9.17) is 0 Å². The molecule has 0 bridgehead atoms. The number of hydrogen-bond acceptors (Lipinski definition) is 4. The van der Waals surface area contributed by atoms with Crippen LogP contribution in [-0.4, -0.2) is 30.8 Å². The molecule has 2 N–H and O–H groups in total. The first-order valence-electron chi connectivity index (χ1n) is 11.6. The van der Waals surface area contributed by atoms with E-state index in [0.717, 1.165) is 22.2 Å². The van der Waals surface area contributed by atoms with Gasteiger partial charge in [0.2, 0.25) is 0 Å². The molecule has 1 aromatic heterocycles. The first kappa shape index (κ1) is 22.1. The second kappa shape index (κ2) is 8.66. The largest absolute Gasteiger partial charge is 0.338 e. The average Bonchev–Trinajstić information content (AvgIpc) is 3.54. The number of rotatable bonds is 5. The van der Waals surface area contributed by atoms with Gasteiger partial charge in [-0.3, -0.25) is 9.10 Å². The van der Waals surface area contributed by atoms with Gasteiger partial charge in [-0.25, -0.2) is 13.4 Å². The van der Waals surface area contributed by atoms with E-state index in [-0.39, 0.29) is 10.8 Å². The molecule has 178 valence electrons. The van der Waals surface area contributed by atoms with Crippen LogP contribution in [0.1, 0.15) is 15.9 Å². The number of benzene rings is 4. The molecule has 4 aromatic carbocycles. The van der Waals surface area contributed by atoms with Crippen LogP contribution in [0.4, 0.5) is 11.4 Å². The van der Waals surface area contributed by atoms with Crippen LogP contribution < -0.4 is 9.62 Å². The van der Waals surface area contributed by atoms with Gasteiger partial charge in [0, 0.05) is 17.7 Å². The van der Waals surface area contributed by atoms with Gasteiger partial charge in [0.15, 0.2) is 0 Å². The van der Waals surface area contributed by atoms with Crippen LogP contribution >= 0.6 is 0 Å². The molecular formula is C28H22N4O3S. The van der Waals surface area contributed by atoms with Crippen LogP contribution in [0, 0.1) is 0 Å². The maximum Gasteiger partial charge on any atom is 0.264 e. The van der Waals surface area contributed by atoms with Crippen molar-refractivity contribution in [1.82, 2.24) is 9.97 Å². The van der Waals surface area contributed by atoms with Gasteiger partial charge in [0.05, 0.1) is 27.3 Å². The van der Waals surface area contributed by atoms with Gasteiger partial charge in [0.1, 0.15) is 5.82 Å². The number of amides is 1. The van der Waals surface area contributed by atoms with Crippen molar-refractivity contribution in [3.8, 4) is 11.4 Å². The summed E-state index contributed by atoms with van der Waals surface area (Å²) in [4.78, 5) is 21.1. The predicted octanol–water partition coefficient (Wildman–Crippen LogP) is 5.23. The van der Waals surface area contributed by atoms with Gasteiger partial charge >= 0.3 is 0 Å². The Morgan fingerprint density at radius 2 is 1.58 bits per heavy atom. The Morgan fingerprint density at radius 3 is 2.42 bits per heavy atom. The SMILES string of the molecule is O=C(Nc1ccccc1-c1nc2ccccc2[nH]1)c1ccc(S(=O)(=O)N2CCc3ccccc32)cc1. The number of nitrogens with zero attached hydrogens (tertiary/aromatic N) is 2. The lowest BCUT2D eigenvalue weighted by Gasteiger charge is -2.19. The highest BCUT2D eigenvalue weighted by molar-refractivity contribution is 7.92. The van der Waals surface area contributed by atoms with E-state index in [2.05, 4.69) is 15.3 Å². The normalized spacial score (nSPS) is 13.1. The second-order valence-corrected chi connectivity index (χ2v) is 10.4. The number of para-hydroxylation sites is 4. The topological polar surface area (TPSA) is 95.2 Å². The Bertz CT molecular complexity index is 1680. The molecule has 0 radical (unpaired) electrons. The van der Waals surface area contributed by atoms with E-state index in [1.165, 1.54) is 28.6 Å². The zero-order valence-corrected chi connectivity index (χ0v) is 20.0. The minimum Gasteiger partial charge on any atom is -0.338 e. The van der Waals surface area contributed by atoms with Crippen molar-refractivity contribution < 1.29 is 13.2 Å². The predicted molar refractivity (Wildman–Crippen MR) is 141 cm³/mol. The van der Waals surface area contributed by atoms with E-state index in [1.54, 1.807) is 0 Å². The summed E-state index contributed by atoms with van der Waals surface area (Å²) in [5.41, 5.74) is 5.19. The Hall–Kier alpha value is -4.43. The summed E-state index contributed by atoms with van der Waals surface area (Å²) in [6, 6.07) is 28.7. The summed E-state index contributed by atoms with van der Waals surface area (Å²) in [6.45, 7) is 0.405. The fourth-order valence-electron chi connectivity index (χ4n) is 4.54. The Labute approximate surface area is 208 Å². The number of H-pyrrole nitrogens is 1. The molecule has 0 spiro atoms. The van der Waals surface area contributed by atoms with E-state index in [1.807, 2.05) is 72.8 Å². The molecule has 0 aliphatic carbocycles. The molecule has 2 heterocycles. The second-order valence-electron chi connectivity index (χ2n) is 8.58. The molecule has 0 fully saturated rings. The highest BCUT2D eigenvalue weighted by Crippen LogP contribution is 2.33. The van der Waals surface area contributed by atoms with Crippen molar-refractivity contribution in [3.05, 3.63) is 108 Å². The lowest BCUT2D eigenvalue weighted by molar-refractivity contribution is 0.102. The molecule has 1 aliphatic heterocycles. The third kappa shape index (κ3) is 3.81. The number of sulfonamides is 1. The molecule has 5 aromatic rings. The molecule has 8 heteroatoms. The standard InChI is InChI=1S/C28H22N4O3S/c33-28(31-23-9-3-2-8-22(23)27-29-24-10-4-5-11-25(24)30-27)20-13-15-21(16-14-20)36(34,35)32-18-17-19-7-1-6-12-26(19)32/h1-16H,17-18H2,(H,29,30)(H,31,33). The number of hydrogen-bond donors (Lipinski definition) is 2. The monoisotopic (exact) mass is 494 g/mol. The molecule has 0 saturated carbocycles. The fraction of sp³-hybridized carbons (Fsp3) is 0.0714. The number of nitrogens with one attached hydrogen (secondary N) is 2. The number of fused-ring (bicyclic) bond motifs is 2. The Kier molecular flexibility index (Phi) is 5.30. The quantitative estimate of drug-likeness (QED) is 0.350. The Balaban J connectivity index is 1.24. The summed E-state index contributed by atoms with van der Waals surface area (Å²) < 4.78 is 28.0. The summed E-state index contributed by atoms with van der Waals surface area (Å²) in [5.74, 6) is 0.313. The van der Waals surface area contributed by atoms with E-state index in [0.29, 0.717) is 35.7 Å². The molecule has 1 aliphatic rings. The molecule has 0 saturated heterocycles. The number of anilines is 2. The fourth-order valence-corrected chi connectivity index (χ4v) is 6.04. The van der Waals surface area contributed by atoms with Gasteiger partial charge in [0.25, 0.3) is 15.9 Å². The van der Waals surface area contributed by atoms with Crippen molar-refractivity contribution in [3.63, 3.8) is 0 Å². The zero-order valence-electron chi connectivity index (χ0n) is 19.2. The molecular weight excluding hydrogens is 472 g/mol. The summed E-state index contributed by atoms with van der Waals surface area (Å²) in [7, 11) is -3.72. The molecule has 6 rings (SSSR count). The summed E-state index contributed by atoms with van der Waals surface area (Å²) in [5, 5.41) is 2.94. The molecule has 36 heavy (non-hydrogen) atoms. The highest BCUT2D eigenvalue weighted by Gasteiger charge is 2.30. The van der Waals surface area contributed by atoms with Crippen LogP contribution in [0.3, 0.4) is 0 Å². The lowest BCUT2D eigenvalue weighted by Crippen LogP contribution is -2.29. The minimum absolute atomic E-state index is 0.151. The van der Waals surface area contributed by atoms with Gasteiger partial charge in [-0.2, -0.15) is 0 Å². The van der Waals surface area contributed by atoms with Crippen molar-refractivity contribution >= 4 is 38.3 Å². The maximum atomic E-state index is 13.3. The number of carbonyl (C=O) groups is 1.